The minimum atomic E-state index is -0.214. The SMILES string of the molecule is N#Cc1ccc(CCCN2C(=O)COc3ccc(/C=C4\SC(=S)NC4=O)cc32)cc1. The van der Waals surface area contributed by atoms with Gasteiger partial charge in [-0.05, 0) is 54.3 Å². The van der Waals surface area contributed by atoms with E-state index in [0.717, 1.165) is 24.0 Å². The fourth-order valence-corrected chi connectivity index (χ4v) is 4.36. The number of carbonyl (C=O) groups excluding carboxylic acids is 2. The van der Waals surface area contributed by atoms with Crippen LogP contribution in [0.4, 0.5) is 5.69 Å². The van der Waals surface area contributed by atoms with Gasteiger partial charge in [-0.1, -0.05) is 42.2 Å². The van der Waals surface area contributed by atoms with E-state index < -0.39 is 0 Å². The maximum Gasteiger partial charge on any atom is 0.265 e. The lowest BCUT2D eigenvalue weighted by Gasteiger charge is -2.29. The Morgan fingerprint density at radius 3 is 2.73 bits per heavy atom. The van der Waals surface area contributed by atoms with Crippen molar-refractivity contribution in [1.29, 1.82) is 5.26 Å². The Bertz CT molecular complexity index is 1100. The molecule has 0 radical (unpaired) electrons. The van der Waals surface area contributed by atoms with Crippen LogP contribution in [0.3, 0.4) is 0 Å². The molecule has 2 aliphatic rings. The van der Waals surface area contributed by atoms with Crippen LogP contribution in [0, 0.1) is 11.3 Å². The summed E-state index contributed by atoms with van der Waals surface area (Å²) in [6.45, 7) is 0.561. The number of rotatable bonds is 5. The van der Waals surface area contributed by atoms with Gasteiger partial charge in [-0.3, -0.25) is 9.59 Å². The Morgan fingerprint density at radius 2 is 2.03 bits per heavy atom. The van der Waals surface area contributed by atoms with Crippen molar-refractivity contribution in [2.45, 2.75) is 12.8 Å². The average Bonchev–Trinajstić information content (AvgIpc) is 3.06. The summed E-state index contributed by atoms with van der Waals surface area (Å²) in [6.07, 6.45) is 3.33. The second-order valence-corrected chi connectivity index (χ2v) is 8.54. The smallest absolute Gasteiger partial charge is 0.265 e. The summed E-state index contributed by atoms with van der Waals surface area (Å²) < 4.78 is 6.01. The third-order valence-electron chi connectivity index (χ3n) is 4.80. The quantitative estimate of drug-likeness (QED) is 0.573. The first-order chi connectivity index (χ1) is 14.5. The van der Waals surface area contributed by atoms with E-state index >= 15 is 0 Å². The van der Waals surface area contributed by atoms with Crippen LogP contribution in [0.2, 0.25) is 0 Å². The Morgan fingerprint density at radius 1 is 1.23 bits per heavy atom. The molecule has 0 unspecified atom stereocenters. The number of nitriles is 1. The molecule has 0 spiro atoms. The first-order valence-corrected chi connectivity index (χ1v) is 10.6. The van der Waals surface area contributed by atoms with Crippen molar-refractivity contribution in [1.82, 2.24) is 5.32 Å². The molecular formula is C22H17N3O3S2. The van der Waals surface area contributed by atoms with Crippen LogP contribution in [0.1, 0.15) is 23.1 Å². The van der Waals surface area contributed by atoms with Gasteiger partial charge < -0.3 is 15.0 Å². The molecule has 0 saturated carbocycles. The highest BCUT2D eigenvalue weighted by Crippen LogP contribution is 2.35. The van der Waals surface area contributed by atoms with Gasteiger partial charge in [0.1, 0.15) is 10.1 Å². The molecule has 2 amide bonds. The first kappa shape index (κ1) is 20.1. The molecule has 2 aromatic carbocycles. The van der Waals surface area contributed by atoms with Gasteiger partial charge in [-0.2, -0.15) is 5.26 Å². The molecule has 4 rings (SSSR count). The Kier molecular flexibility index (Phi) is 5.84. The number of amides is 2. The van der Waals surface area contributed by atoms with Gasteiger partial charge in [-0.25, -0.2) is 0 Å². The summed E-state index contributed by atoms with van der Waals surface area (Å²) in [5.41, 5.74) is 3.25. The van der Waals surface area contributed by atoms with Crippen LogP contribution in [0.25, 0.3) is 6.08 Å². The number of carbonyl (C=O) groups is 2. The molecule has 2 heterocycles. The van der Waals surface area contributed by atoms with E-state index in [1.807, 2.05) is 30.3 Å². The fourth-order valence-electron chi connectivity index (χ4n) is 3.31. The Labute approximate surface area is 183 Å². The summed E-state index contributed by atoms with van der Waals surface area (Å²) >= 11 is 6.25. The van der Waals surface area contributed by atoms with Gasteiger partial charge in [0.2, 0.25) is 0 Å². The zero-order valence-corrected chi connectivity index (χ0v) is 17.5. The summed E-state index contributed by atoms with van der Waals surface area (Å²) in [6, 6.07) is 15.1. The minimum Gasteiger partial charge on any atom is -0.482 e. The number of hydrogen-bond donors (Lipinski definition) is 1. The number of aryl methyl sites for hydroxylation is 1. The van der Waals surface area contributed by atoms with Crippen molar-refractivity contribution in [3.63, 3.8) is 0 Å². The molecule has 0 bridgehead atoms. The largest absolute Gasteiger partial charge is 0.482 e. The summed E-state index contributed by atoms with van der Waals surface area (Å²) in [5.74, 6) is 0.338. The van der Waals surface area contributed by atoms with E-state index in [4.69, 9.17) is 22.2 Å². The molecular weight excluding hydrogens is 418 g/mol. The monoisotopic (exact) mass is 435 g/mol. The molecule has 150 valence electrons. The summed E-state index contributed by atoms with van der Waals surface area (Å²) in [7, 11) is 0. The van der Waals surface area contributed by atoms with Crippen molar-refractivity contribution in [2.75, 3.05) is 18.1 Å². The molecule has 0 aromatic heterocycles. The number of ether oxygens (including phenoxy) is 1. The maximum atomic E-state index is 12.5. The zero-order chi connectivity index (χ0) is 21.1. The van der Waals surface area contributed by atoms with Gasteiger partial charge in [-0.15, -0.1) is 0 Å². The number of nitrogens with zero attached hydrogens (tertiary/aromatic N) is 2. The van der Waals surface area contributed by atoms with E-state index in [9.17, 15) is 9.59 Å². The number of thioether (sulfide) groups is 1. The predicted octanol–water partition coefficient (Wildman–Crippen LogP) is 3.41. The van der Waals surface area contributed by atoms with Gasteiger partial charge in [0, 0.05) is 6.54 Å². The standard InChI is InChI=1S/C22H17N3O3S2/c23-12-15-5-3-14(4-6-15)2-1-9-25-17-10-16(7-8-18(17)28-13-20(25)26)11-19-21(27)24-22(29)30-19/h3-8,10-11H,1-2,9,13H2,(H,24,27,29)/b19-11-. The lowest BCUT2D eigenvalue weighted by Crippen LogP contribution is -2.39. The lowest BCUT2D eigenvalue weighted by atomic mass is 10.1. The van der Waals surface area contributed by atoms with E-state index in [0.29, 0.717) is 32.8 Å². The second-order valence-electron chi connectivity index (χ2n) is 6.83. The number of fused-ring (bicyclic) bond motifs is 1. The highest BCUT2D eigenvalue weighted by molar-refractivity contribution is 8.26. The number of nitrogens with one attached hydrogen (secondary N) is 1. The third kappa shape index (κ3) is 4.37. The number of benzene rings is 2. The van der Waals surface area contributed by atoms with Crippen molar-refractivity contribution >= 4 is 51.9 Å². The minimum absolute atomic E-state index is 0.0107. The van der Waals surface area contributed by atoms with E-state index in [1.54, 1.807) is 23.1 Å². The van der Waals surface area contributed by atoms with Crippen molar-refractivity contribution in [2.24, 2.45) is 0 Å². The van der Waals surface area contributed by atoms with E-state index in [2.05, 4.69) is 11.4 Å². The highest BCUT2D eigenvalue weighted by Gasteiger charge is 2.26. The Hall–Kier alpha value is -3.15. The van der Waals surface area contributed by atoms with Gasteiger partial charge >= 0.3 is 0 Å². The van der Waals surface area contributed by atoms with Crippen LogP contribution in [0.15, 0.2) is 47.4 Å². The molecule has 1 saturated heterocycles. The summed E-state index contributed by atoms with van der Waals surface area (Å²) in [4.78, 5) is 26.7. The molecule has 8 heteroatoms. The molecule has 2 aromatic rings. The van der Waals surface area contributed by atoms with Crippen LogP contribution in [-0.2, 0) is 16.0 Å². The van der Waals surface area contributed by atoms with Crippen molar-refractivity contribution < 1.29 is 14.3 Å². The van der Waals surface area contributed by atoms with Crippen LogP contribution < -0.4 is 15.0 Å². The molecule has 2 aliphatic heterocycles. The van der Waals surface area contributed by atoms with E-state index in [1.165, 1.54) is 11.8 Å². The molecule has 6 nitrogen and oxygen atoms in total. The molecule has 30 heavy (non-hydrogen) atoms. The summed E-state index contributed by atoms with van der Waals surface area (Å²) in [5, 5.41) is 11.5. The predicted molar refractivity (Wildman–Crippen MR) is 120 cm³/mol. The van der Waals surface area contributed by atoms with Crippen LogP contribution >= 0.6 is 24.0 Å². The lowest BCUT2D eigenvalue weighted by molar-refractivity contribution is -0.121. The number of hydrogen-bond acceptors (Lipinski definition) is 6. The second kappa shape index (κ2) is 8.69. The zero-order valence-electron chi connectivity index (χ0n) is 15.9. The first-order valence-electron chi connectivity index (χ1n) is 9.34. The fraction of sp³-hybridized carbons (Fsp3) is 0.182. The number of anilines is 1. The van der Waals surface area contributed by atoms with E-state index in [-0.39, 0.29) is 18.4 Å². The van der Waals surface area contributed by atoms with Gasteiger partial charge in [0.25, 0.3) is 11.8 Å². The molecule has 1 N–H and O–H groups in total. The van der Waals surface area contributed by atoms with Crippen molar-refractivity contribution in [3.8, 4) is 11.8 Å². The maximum absolute atomic E-state index is 12.5. The normalized spacial score (nSPS) is 16.8. The highest BCUT2D eigenvalue weighted by atomic mass is 32.2. The molecule has 0 aliphatic carbocycles. The van der Waals surface area contributed by atoms with Gasteiger partial charge in [0.15, 0.2) is 6.61 Å². The van der Waals surface area contributed by atoms with Crippen molar-refractivity contribution in [3.05, 3.63) is 64.1 Å². The third-order valence-corrected chi connectivity index (χ3v) is 5.96. The molecule has 0 atom stereocenters. The molecule has 1 fully saturated rings. The Balaban J connectivity index is 1.50. The van der Waals surface area contributed by atoms with Gasteiger partial charge in [0.05, 0.1) is 22.2 Å². The van der Waals surface area contributed by atoms with Crippen LogP contribution in [-0.4, -0.2) is 29.3 Å². The van der Waals surface area contributed by atoms with Crippen LogP contribution in [0.5, 0.6) is 5.75 Å². The number of thiocarbonyl (C=S) groups is 1. The topological polar surface area (TPSA) is 82.4 Å². The average molecular weight is 436 g/mol.